The molecule has 23 heavy (non-hydrogen) atoms. The van der Waals surface area contributed by atoms with Gasteiger partial charge in [-0.2, -0.15) is 0 Å². The second-order valence-corrected chi connectivity index (χ2v) is 5.35. The minimum absolute atomic E-state index is 0.0280. The molecule has 6 nitrogen and oxygen atoms in total. The van der Waals surface area contributed by atoms with E-state index in [2.05, 4.69) is 27.8 Å². The van der Waals surface area contributed by atoms with Crippen LogP contribution in [0, 0.1) is 0 Å². The van der Waals surface area contributed by atoms with Gasteiger partial charge in [0.05, 0.1) is 11.6 Å². The summed E-state index contributed by atoms with van der Waals surface area (Å²) in [5, 5.41) is 12.2. The molecule has 1 amide bonds. The first-order valence-electron chi connectivity index (χ1n) is 6.72. The Balaban J connectivity index is 2.70. The Hall–Kier alpha value is -2.28. The van der Waals surface area contributed by atoms with Crippen LogP contribution in [0.4, 0.5) is 0 Å². The maximum Gasteiger partial charge on any atom is 0.331 e. The van der Waals surface area contributed by atoms with Crippen molar-refractivity contribution in [2.75, 3.05) is 13.7 Å². The number of methoxy groups -OCH3 is 1. The monoisotopic (exact) mass is 383 g/mol. The van der Waals surface area contributed by atoms with Crippen molar-refractivity contribution in [1.82, 2.24) is 5.32 Å². The Morgan fingerprint density at radius 3 is 2.78 bits per heavy atom. The lowest BCUT2D eigenvalue weighted by molar-refractivity contribution is -0.150. The van der Waals surface area contributed by atoms with E-state index in [1.807, 2.05) is 0 Å². The normalized spacial score (nSPS) is 11.8. The van der Waals surface area contributed by atoms with Gasteiger partial charge in [0, 0.05) is 12.6 Å². The van der Waals surface area contributed by atoms with Crippen molar-refractivity contribution < 1.29 is 24.2 Å². The summed E-state index contributed by atoms with van der Waals surface area (Å²) in [5.74, 6) is -0.820. The van der Waals surface area contributed by atoms with E-state index in [0.29, 0.717) is 16.6 Å². The number of ether oxygens (including phenoxy) is 2. The summed E-state index contributed by atoms with van der Waals surface area (Å²) >= 11 is 3.19. The number of phenols is 1. The number of rotatable bonds is 7. The molecule has 1 rings (SSSR count). The molecule has 0 spiro atoms. The largest absolute Gasteiger partial charge is 0.503 e. The number of carbonyl (C=O) groups is 2. The fraction of sp³-hybridized carbons (Fsp3) is 0.250. The number of hydrogen-bond donors (Lipinski definition) is 2. The van der Waals surface area contributed by atoms with E-state index >= 15 is 0 Å². The average molecular weight is 384 g/mol. The van der Waals surface area contributed by atoms with E-state index in [4.69, 9.17) is 9.47 Å². The summed E-state index contributed by atoms with van der Waals surface area (Å²) in [6.07, 6.45) is 3.30. The lowest BCUT2D eigenvalue weighted by Crippen LogP contribution is -2.35. The molecule has 124 valence electrons. The van der Waals surface area contributed by atoms with Crippen molar-refractivity contribution in [3.63, 3.8) is 0 Å². The van der Waals surface area contributed by atoms with Crippen LogP contribution in [0.1, 0.15) is 12.5 Å². The summed E-state index contributed by atoms with van der Waals surface area (Å²) < 4.78 is 10.4. The molecular formula is C16H18BrNO5. The van der Waals surface area contributed by atoms with Gasteiger partial charge in [0.25, 0.3) is 5.91 Å². The molecular weight excluding hydrogens is 366 g/mol. The van der Waals surface area contributed by atoms with Gasteiger partial charge in [-0.15, -0.1) is 6.58 Å². The van der Waals surface area contributed by atoms with Gasteiger partial charge in [0.2, 0.25) is 0 Å². The minimum Gasteiger partial charge on any atom is -0.503 e. The molecule has 0 aromatic heterocycles. The Kier molecular flexibility index (Phi) is 7.34. The molecule has 0 bridgehead atoms. The third-order valence-corrected chi connectivity index (χ3v) is 3.37. The first-order valence-corrected chi connectivity index (χ1v) is 7.52. The van der Waals surface area contributed by atoms with E-state index in [9.17, 15) is 14.7 Å². The molecule has 1 aromatic rings. The molecule has 0 aliphatic carbocycles. The zero-order valence-electron chi connectivity index (χ0n) is 12.8. The summed E-state index contributed by atoms with van der Waals surface area (Å²) in [6.45, 7) is 5.26. The van der Waals surface area contributed by atoms with Crippen molar-refractivity contribution in [1.29, 1.82) is 0 Å². The number of phenolic OH excluding ortho intramolecular Hbond substituents is 1. The number of halogens is 1. The molecule has 1 atom stereocenters. The van der Waals surface area contributed by atoms with Crippen LogP contribution in [-0.4, -0.2) is 36.7 Å². The lowest BCUT2D eigenvalue weighted by atomic mass is 10.2. The number of benzene rings is 1. The van der Waals surface area contributed by atoms with E-state index in [0.717, 1.165) is 0 Å². The van der Waals surface area contributed by atoms with Crippen LogP contribution in [0.3, 0.4) is 0 Å². The van der Waals surface area contributed by atoms with Crippen molar-refractivity contribution in [2.24, 2.45) is 0 Å². The van der Waals surface area contributed by atoms with E-state index < -0.39 is 18.0 Å². The van der Waals surface area contributed by atoms with Crippen LogP contribution >= 0.6 is 15.9 Å². The maximum atomic E-state index is 11.7. The van der Waals surface area contributed by atoms with Crippen LogP contribution in [-0.2, 0) is 14.3 Å². The summed E-state index contributed by atoms with van der Waals surface area (Å²) in [5.41, 5.74) is 0.618. The molecule has 0 saturated carbocycles. The van der Waals surface area contributed by atoms with E-state index in [1.54, 1.807) is 12.1 Å². The fourth-order valence-corrected chi connectivity index (χ4v) is 2.05. The highest BCUT2D eigenvalue weighted by Crippen LogP contribution is 2.35. The second kappa shape index (κ2) is 8.99. The molecule has 0 aliphatic heterocycles. The third kappa shape index (κ3) is 5.78. The molecule has 1 aromatic carbocycles. The Morgan fingerprint density at radius 2 is 2.17 bits per heavy atom. The number of nitrogens with one attached hydrogen (secondary N) is 1. The quantitative estimate of drug-likeness (QED) is 0.429. The first kappa shape index (κ1) is 18.8. The minimum atomic E-state index is -0.909. The zero-order valence-corrected chi connectivity index (χ0v) is 14.4. The van der Waals surface area contributed by atoms with Crippen LogP contribution in [0.5, 0.6) is 11.5 Å². The topological polar surface area (TPSA) is 84.9 Å². The number of amides is 1. The molecule has 7 heteroatoms. The Morgan fingerprint density at radius 1 is 1.48 bits per heavy atom. The fourth-order valence-electron chi connectivity index (χ4n) is 1.59. The van der Waals surface area contributed by atoms with Crippen LogP contribution < -0.4 is 10.1 Å². The molecule has 0 unspecified atom stereocenters. The predicted octanol–water partition coefficient (Wildman–Crippen LogP) is 2.41. The summed E-state index contributed by atoms with van der Waals surface area (Å²) in [4.78, 5) is 23.3. The first-order chi connectivity index (χ1) is 10.9. The van der Waals surface area contributed by atoms with Crippen molar-refractivity contribution in [3.8, 4) is 11.5 Å². The van der Waals surface area contributed by atoms with E-state index in [-0.39, 0.29) is 11.5 Å². The van der Waals surface area contributed by atoms with Gasteiger partial charge < -0.3 is 19.9 Å². The zero-order chi connectivity index (χ0) is 17.4. The van der Waals surface area contributed by atoms with Gasteiger partial charge in [-0.25, -0.2) is 4.79 Å². The second-order valence-electron chi connectivity index (χ2n) is 4.50. The highest BCUT2D eigenvalue weighted by atomic mass is 79.9. The smallest absolute Gasteiger partial charge is 0.331 e. The SMILES string of the molecule is C=CCNC(=O)[C@@H](C)OC(=O)/C=C/c1cc(Br)c(O)c(OC)c1. The van der Waals surface area contributed by atoms with Gasteiger partial charge >= 0.3 is 5.97 Å². The molecule has 0 aliphatic rings. The number of carbonyl (C=O) groups excluding carboxylic acids is 2. The molecule has 2 N–H and O–H groups in total. The highest BCUT2D eigenvalue weighted by molar-refractivity contribution is 9.10. The lowest BCUT2D eigenvalue weighted by Gasteiger charge is -2.11. The standard InChI is InChI=1S/C16H18BrNO5/c1-4-7-18-16(21)10(2)23-14(19)6-5-11-8-12(17)15(20)13(9-11)22-3/h4-6,8-10,20H,1,7H2,2-3H3,(H,18,21)/b6-5+/t10-/m1/s1. The van der Waals surface area contributed by atoms with Crippen LogP contribution in [0.25, 0.3) is 6.08 Å². The predicted molar refractivity (Wildman–Crippen MR) is 90.2 cm³/mol. The van der Waals surface area contributed by atoms with Gasteiger partial charge in [0.1, 0.15) is 0 Å². The summed E-state index contributed by atoms with van der Waals surface area (Å²) in [7, 11) is 1.42. The Bertz CT molecular complexity index is 627. The highest BCUT2D eigenvalue weighted by Gasteiger charge is 2.15. The van der Waals surface area contributed by atoms with E-state index in [1.165, 1.54) is 32.3 Å². The van der Waals surface area contributed by atoms with Gasteiger partial charge in [-0.05, 0) is 46.6 Å². The molecule has 0 fully saturated rings. The van der Waals surface area contributed by atoms with Crippen LogP contribution in [0.15, 0.2) is 35.3 Å². The summed E-state index contributed by atoms with van der Waals surface area (Å²) in [6, 6.07) is 3.17. The van der Waals surface area contributed by atoms with Gasteiger partial charge in [-0.1, -0.05) is 6.08 Å². The number of hydrogen-bond acceptors (Lipinski definition) is 5. The molecule has 0 saturated heterocycles. The number of esters is 1. The average Bonchev–Trinajstić information content (AvgIpc) is 2.53. The molecule has 0 radical (unpaired) electrons. The van der Waals surface area contributed by atoms with Gasteiger partial charge in [0.15, 0.2) is 17.6 Å². The number of aromatic hydroxyl groups is 1. The van der Waals surface area contributed by atoms with Crippen molar-refractivity contribution in [2.45, 2.75) is 13.0 Å². The van der Waals surface area contributed by atoms with Crippen molar-refractivity contribution in [3.05, 3.63) is 40.9 Å². The Labute approximate surface area is 142 Å². The van der Waals surface area contributed by atoms with Crippen molar-refractivity contribution >= 4 is 33.9 Å². The third-order valence-electron chi connectivity index (χ3n) is 2.77. The van der Waals surface area contributed by atoms with Gasteiger partial charge in [-0.3, -0.25) is 4.79 Å². The maximum absolute atomic E-state index is 11.7. The molecule has 0 heterocycles. The van der Waals surface area contributed by atoms with Crippen LogP contribution in [0.2, 0.25) is 0 Å².